The predicted octanol–water partition coefficient (Wildman–Crippen LogP) is 4.20. The van der Waals surface area contributed by atoms with E-state index < -0.39 is 5.54 Å². The van der Waals surface area contributed by atoms with Crippen molar-refractivity contribution in [2.75, 3.05) is 13.1 Å². The minimum absolute atomic E-state index is 0.0170. The Balaban J connectivity index is 1.67. The zero-order valence-corrected chi connectivity index (χ0v) is 17.4. The van der Waals surface area contributed by atoms with Gasteiger partial charge in [0, 0.05) is 36.9 Å². The fourth-order valence-corrected chi connectivity index (χ4v) is 4.99. The van der Waals surface area contributed by atoms with Crippen molar-refractivity contribution in [3.8, 4) is 0 Å². The number of fused-ring (bicyclic) bond motifs is 3. The minimum atomic E-state index is -1.01. The van der Waals surface area contributed by atoms with Crippen LogP contribution in [0.1, 0.15) is 11.1 Å². The topological polar surface area (TPSA) is 41.9 Å². The first-order chi connectivity index (χ1) is 15.2. The number of rotatable bonds is 5. The number of benzene rings is 2. The maximum Gasteiger partial charge on any atom is 0.255 e. The van der Waals surface area contributed by atoms with Gasteiger partial charge in [0.2, 0.25) is 5.90 Å². The average molecular weight is 411 g/mol. The van der Waals surface area contributed by atoms with E-state index in [1.54, 1.807) is 6.08 Å². The Labute approximate surface area is 183 Å². The highest BCUT2D eigenvalue weighted by molar-refractivity contribution is 6.01. The summed E-state index contributed by atoms with van der Waals surface area (Å²) in [7, 11) is 0. The highest BCUT2D eigenvalue weighted by Crippen LogP contribution is 2.44. The highest BCUT2D eigenvalue weighted by atomic mass is 16.5. The number of likely N-dealkylation sites (tertiary alicyclic amines) is 1. The number of hydrogen-bond acceptors (Lipinski definition) is 3. The molecule has 4 heteroatoms. The molecule has 2 heterocycles. The van der Waals surface area contributed by atoms with E-state index in [1.807, 2.05) is 53.4 Å². The zero-order valence-electron chi connectivity index (χ0n) is 17.4. The van der Waals surface area contributed by atoms with Gasteiger partial charge in [0.25, 0.3) is 5.91 Å². The Morgan fingerprint density at radius 1 is 1.06 bits per heavy atom. The normalized spacial score (nSPS) is 28.9. The molecule has 5 rings (SSSR count). The molecule has 4 nitrogen and oxygen atoms in total. The van der Waals surface area contributed by atoms with Crippen LogP contribution in [0.5, 0.6) is 0 Å². The maximum absolute atomic E-state index is 14.1. The molecule has 1 amide bonds. The van der Waals surface area contributed by atoms with E-state index in [-0.39, 0.29) is 23.8 Å². The van der Waals surface area contributed by atoms with Crippen LogP contribution in [-0.2, 0) is 16.0 Å². The summed E-state index contributed by atoms with van der Waals surface area (Å²) >= 11 is 0. The maximum atomic E-state index is 14.1. The molecule has 2 aromatic carbocycles. The second kappa shape index (κ2) is 8.03. The zero-order chi connectivity index (χ0) is 21.3. The molecule has 1 aliphatic carbocycles. The molecule has 0 radical (unpaired) electrons. The van der Waals surface area contributed by atoms with Crippen LogP contribution in [0.15, 0.2) is 103 Å². The van der Waals surface area contributed by atoms with Crippen molar-refractivity contribution in [3.05, 3.63) is 109 Å². The molecule has 3 aliphatic rings. The smallest absolute Gasteiger partial charge is 0.255 e. The monoisotopic (exact) mass is 410 g/mol. The van der Waals surface area contributed by atoms with Crippen LogP contribution in [0.3, 0.4) is 0 Å². The number of nitrogens with zero attached hydrogens (tertiary/aromatic N) is 2. The second-order valence-corrected chi connectivity index (χ2v) is 8.42. The molecule has 1 fully saturated rings. The number of carbonyl (C=O) groups is 1. The number of hydrogen-bond donors (Lipinski definition) is 0. The fraction of sp³-hybridized carbons (Fsp3) is 0.259. The Kier molecular flexibility index (Phi) is 5.06. The standard InChI is InChI=1S/C27H26N2O2/c1-2-17-29-19-22-15-9-10-16-23(22)24-27(26(29)30,18-20-11-5-3-6-12-20)28-25(31-24)21-13-7-4-8-14-21/h2-16,22-24H,1,17-19H2/t22?,23?,24-,27-/m0/s1. The molecule has 2 aromatic rings. The van der Waals surface area contributed by atoms with Crippen LogP contribution < -0.4 is 0 Å². The lowest BCUT2D eigenvalue weighted by Gasteiger charge is -2.34. The number of allylic oxidation sites excluding steroid dienone is 2. The van der Waals surface area contributed by atoms with E-state index in [9.17, 15) is 4.79 Å². The lowest BCUT2D eigenvalue weighted by Crippen LogP contribution is -2.54. The number of carbonyl (C=O) groups excluding carboxylic acids is 1. The summed E-state index contributed by atoms with van der Waals surface area (Å²) in [6.07, 6.45) is 10.4. The summed E-state index contributed by atoms with van der Waals surface area (Å²) in [4.78, 5) is 21.1. The van der Waals surface area contributed by atoms with Crippen molar-refractivity contribution in [2.24, 2.45) is 16.8 Å². The van der Waals surface area contributed by atoms with Crippen LogP contribution in [0, 0.1) is 11.8 Å². The molecule has 0 N–H and O–H groups in total. The molecule has 0 saturated carbocycles. The van der Waals surface area contributed by atoms with Crippen LogP contribution >= 0.6 is 0 Å². The molecule has 2 aliphatic heterocycles. The third kappa shape index (κ3) is 3.42. The van der Waals surface area contributed by atoms with Crippen LogP contribution in [-0.4, -0.2) is 41.4 Å². The van der Waals surface area contributed by atoms with Gasteiger partial charge in [-0.25, -0.2) is 4.99 Å². The lowest BCUT2D eigenvalue weighted by atomic mass is 9.75. The Morgan fingerprint density at radius 2 is 1.77 bits per heavy atom. The van der Waals surface area contributed by atoms with Gasteiger partial charge in [0.05, 0.1) is 0 Å². The van der Waals surface area contributed by atoms with Crippen molar-refractivity contribution >= 4 is 11.8 Å². The molecular weight excluding hydrogens is 384 g/mol. The van der Waals surface area contributed by atoms with Gasteiger partial charge in [-0.05, 0) is 17.7 Å². The molecular formula is C27H26N2O2. The first-order valence-corrected chi connectivity index (χ1v) is 10.8. The summed E-state index contributed by atoms with van der Waals surface area (Å²) < 4.78 is 6.56. The molecule has 4 atom stereocenters. The molecule has 156 valence electrons. The summed E-state index contributed by atoms with van der Waals surface area (Å²) in [5.41, 5.74) is 0.970. The molecule has 0 spiro atoms. The molecule has 0 bridgehead atoms. The molecule has 2 unspecified atom stereocenters. The summed E-state index contributed by atoms with van der Waals surface area (Å²) in [5, 5.41) is 0. The van der Waals surface area contributed by atoms with E-state index >= 15 is 0 Å². The SMILES string of the molecule is C=CCN1CC2C=CC=CC2[C@@H]2OC(c3ccccc3)=N[C@]2(Cc2ccccc2)C1=O. The minimum Gasteiger partial charge on any atom is -0.470 e. The van der Waals surface area contributed by atoms with Crippen molar-refractivity contribution in [3.63, 3.8) is 0 Å². The van der Waals surface area contributed by atoms with E-state index in [4.69, 9.17) is 9.73 Å². The Hall–Kier alpha value is -3.40. The van der Waals surface area contributed by atoms with Gasteiger partial charge >= 0.3 is 0 Å². The Morgan fingerprint density at radius 3 is 2.52 bits per heavy atom. The largest absolute Gasteiger partial charge is 0.470 e. The van der Waals surface area contributed by atoms with Crippen molar-refractivity contribution in [1.29, 1.82) is 0 Å². The van der Waals surface area contributed by atoms with E-state index in [0.29, 0.717) is 25.4 Å². The Bertz CT molecular complexity index is 1060. The van der Waals surface area contributed by atoms with E-state index in [0.717, 1.165) is 11.1 Å². The van der Waals surface area contributed by atoms with E-state index in [1.165, 1.54) is 0 Å². The van der Waals surface area contributed by atoms with Crippen LogP contribution in [0.2, 0.25) is 0 Å². The highest BCUT2D eigenvalue weighted by Gasteiger charge is 2.59. The molecule has 31 heavy (non-hydrogen) atoms. The third-order valence-electron chi connectivity index (χ3n) is 6.43. The first-order valence-electron chi connectivity index (χ1n) is 10.8. The summed E-state index contributed by atoms with van der Waals surface area (Å²) in [5.74, 6) is 0.819. The van der Waals surface area contributed by atoms with Crippen LogP contribution in [0.25, 0.3) is 0 Å². The fourth-order valence-electron chi connectivity index (χ4n) is 4.99. The average Bonchev–Trinajstić information content (AvgIpc) is 3.16. The number of ether oxygens (including phenoxy) is 1. The third-order valence-corrected chi connectivity index (χ3v) is 6.43. The van der Waals surface area contributed by atoms with Gasteiger partial charge in [0.15, 0.2) is 5.54 Å². The van der Waals surface area contributed by atoms with Crippen molar-refractivity contribution in [1.82, 2.24) is 4.90 Å². The van der Waals surface area contributed by atoms with Gasteiger partial charge in [-0.1, -0.05) is 78.9 Å². The number of aliphatic imine (C=N–C) groups is 1. The van der Waals surface area contributed by atoms with Gasteiger partial charge < -0.3 is 9.64 Å². The van der Waals surface area contributed by atoms with Gasteiger partial charge in [-0.3, -0.25) is 4.79 Å². The van der Waals surface area contributed by atoms with Crippen LogP contribution in [0.4, 0.5) is 0 Å². The molecule has 0 aromatic heterocycles. The molecule has 1 saturated heterocycles. The quantitative estimate of drug-likeness (QED) is 0.694. The van der Waals surface area contributed by atoms with Crippen molar-refractivity contribution < 1.29 is 9.53 Å². The van der Waals surface area contributed by atoms with Gasteiger partial charge in [0.1, 0.15) is 6.10 Å². The summed E-state index contributed by atoms with van der Waals surface area (Å²) in [6.45, 7) is 5.03. The van der Waals surface area contributed by atoms with Gasteiger partial charge in [-0.15, -0.1) is 6.58 Å². The number of amides is 1. The van der Waals surface area contributed by atoms with Crippen molar-refractivity contribution in [2.45, 2.75) is 18.1 Å². The first kappa shape index (κ1) is 19.6. The summed E-state index contributed by atoms with van der Waals surface area (Å²) in [6, 6.07) is 20.0. The lowest BCUT2D eigenvalue weighted by molar-refractivity contribution is -0.137. The predicted molar refractivity (Wildman–Crippen MR) is 123 cm³/mol. The van der Waals surface area contributed by atoms with E-state index in [2.05, 4.69) is 43.0 Å². The van der Waals surface area contributed by atoms with Gasteiger partial charge in [-0.2, -0.15) is 0 Å². The second-order valence-electron chi connectivity index (χ2n) is 8.42.